The topological polar surface area (TPSA) is 61.4 Å². The number of hydrogen-bond donors (Lipinski definition) is 1. The van der Waals surface area contributed by atoms with Gasteiger partial charge in [0.1, 0.15) is 6.04 Å². The van der Waals surface area contributed by atoms with Crippen molar-refractivity contribution in [2.45, 2.75) is 31.8 Å². The third-order valence-electron chi connectivity index (χ3n) is 4.91. The van der Waals surface area contributed by atoms with Gasteiger partial charge in [-0.1, -0.05) is 37.3 Å². The third kappa shape index (κ3) is 4.38. The number of carbonyl (C=O) groups excluding carboxylic acids is 1. The average Bonchev–Trinajstić information content (AvgIpc) is 2.69. The van der Waals surface area contributed by atoms with Crippen LogP contribution in [0.4, 0.5) is 5.95 Å². The molecule has 2 unspecified atom stereocenters. The first-order valence-corrected chi connectivity index (χ1v) is 9.26. The number of hydrogen-bond acceptors (Lipinski definition) is 5. The minimum absolute atomic E-state index is 0.0568. The number of anilines is 1. The first kappa shape index (κ1) is 18.3. The van der Waals surface area contributed by atoms with E-state index in [-0.39, 0.29) is 18.0 Å². The fourth-order valence-electron chi connectivity index (χ4n) is 3.44. The summed E-state index contributed by atoms with van der Waals surface area (Å²) in [6, 6.07) is 11.6. The van der Waals surface area contributed by atoms with Gasteiger partial charge in [-0.05, 0) is 38.1 Å². The van der Waals surface area contributed by atoms with Gasteiger partial charge in [0.05, 0.1) is 0 Å². The number of benzene rings is 1. The number of piperidine rings is 1. The summed E-state index contributed by atoms with van der Waals surface area (Å²) >= 11 is 0. The van der Waals surface area contributed by atoms with Crippen LogP contribution in [-0.2, 0) is 4.79 Å². The minimum Gasteiger partial charge on any atom is -0.350 e. The molecular weight excluding hydrogens is 326 g/mol. The van der Waals surface area contributed by atoms with Crippen molar-refractivity contribution in [3.63, 3.8) is 0 Å². The second kappa shape index (κ2) is 8.76. The summed E-state index contributed by atoms with van der Waals surface area (Å²) in [5.41, 5.74) is 1.02. The van der Waals surface area contributed by atoms with E-state index in [0.717, 1.165) is 44.0 Å². The smallest absolute Gasteiger partial charge is 0.242 e. The summed E-state index contributed by atoms with van der Waals surface area (Å²) in [6.45, 7) is 4.54. The molecule has 1 amide bonds. The molecule has 6 heteroatoms. The predicted molar refractivity (Wildman–Crippen MR) is 103 cm³/mol. The van der Waals surface area contributed by atoms with E-state index in [0.29, 0.717) is 0 Å². The maximum atomic E-state index is 13.1. The molecule has 6 nitrogen and oxygen atoms in total. The van der Waals surface area contributed by atoms with E-state index in [1.165, 1.54) is 0 Å². The molecule has 0 radical (unpaired) electrons. The number of nitrogens with one attached hydrogen (secondary N) is 1. The molecule has 1 aromatic carbocycles. The Morgan fingerprint density at radius 1 is 1.27 bits per heavy atom. The largest absolute Gasteiger partial charge is 0.350 e. The second-order valence-corrected chi connectivity index (χ2v) is 6.73. The van der Waals surface area contributed by atoms with E-state index in [1.54, 1.807) is 12.4 Å². The van der Waals surface area contributed by atoms with Crippen molar-refractivity contribution in [3.05, 3.63) is 54.4 Å². The zero-order valence-corrected chi connectivity index (χ0v) is 15.5. The molecule has 1 fully saturated rings. The second-order valence-electron chi connectivity index (χ2n) is 6.73. The van der Waals surface area contributed by atoms with Crippen molar-refractivity contribution in [2.75, 3.05) is 31.6 Å². The molecule has 2 aromatic rings. The summed E-state index contributed by atoms with van der Waals surface area (Å²) in [5, 5.41) is 3.25. The molecule has 1 aliphatic heterocycles. The van der Waals surface area contributed by atoms with Crippen LogP contribution < -0.4 is 10.2 Å². The predicted octanol–water partition coefficient (Wildman–Crippen LogP) is 2.25. The molecule has 1 saturated heterocycles. The maximum Gasteiger partial charge on any atom is 0.242 e. The summed E-state index contributed by atoms with van der Waals surface area (Å²) in [7, 11) is 1.99. The van der Waals surface area contributed by atoms with Crippen LogP contribution in [0.3, 0.4) is 0 Å². The van der Waals surface area contributed by atoms with E-state index >= 15 is 0 Å². The standard InChI is InChI=1S/C20H27N5O/c1-3-24(2)18(16-9-5-4-6-10-16)19(26)23-17-11-7-14-25(15-17)20-21-12-8-13-22-20/h4-6,8-10,12-13,17-18H,3,7,11,14-15H2,1-2H3,(H,23,26). The Morgan fingerprint density at radius 2 is 2.00 bits per heavy atom. The van der Waals surface area contributed by atoms with Crippen molar-refractivity contribution in [1.82, 2.24) is 20.2 Å². The number of amides is 1. The fraction of sp³-hybridized carbons (Fsp3) is 0.450. The molecular formula is C20H27N5O. The van der Waals surface area contributed by atoms with Crippen molar-refractivity contribution < 1.29 is 4.79 Å². The molecule has 2 heterocycles. The summed E-state index contributed by atoms with van der Waals surface area (Å²) in [4.78, 5) is 25.9. The third-order valence-corrected chi connectivity index (χ3v) is 4.91. The molecule has 2 atom stereocenters. The van der Waals surface area contributed by atoms with Gasteiger partial charge in [0.15, 0.2) is 0 Å². The number of carbonyl (C=O) groups is 1. The number of nitrogens with zero attached hydrogens (tertiary/aromatic N) is 4. The lowest BCUT2D eigenvalue weighted by molar-refractivity contribution is -0.127. The van der Waals surface area contributed by atoms with Crippen LogP contribution in [0, 0.1) is 0 Å². The van der Waals surface area contributed by atoms with Gasteiger partial charge in [-0.2, -0.15) is 0 Å². The van der Waals surface area contributed by atoms with Crippen molar-refractivity contribution in [2.24, 2.45) is 0 Å². The molecule has 26 heavy (non-hydrogen) atoms. The molecule has 0 bridgehead atoms. The van der Waals surface area contributed by atoms with Gasteiger partial charge in [0, 0.05) is 31.5 Å². The highest BCUT2D eigenvalue weighted by Gasteiger charge is 2.28. The summed E-state index contributed by atoms with van der Waals surface area (Å²) in [6.07, 6.45) is 5.51. The Balaban J connectivity index is 1.69. The van der Waals surface area contributed by atoms with Crippen LogP contribution in [0.2, 0.25) is 0 Å². The Morgan fingerprint density at radius 3 is 2.69 bits per heavy atom. The van der Waals surface area contributed by atoms with Crippen LogP contribution >= 0.6 is 0 Å². The van der Waals surface area contributed by atoms with E-state index in [9.17, 15) is 4.79 Å². The lowest BCUT2D eigenvalue weighted by Gasteiger charge is -2.35. The fourth-order valence-corrected chi connectivity index (χ4v) is 3.44. The number of rotatable bonds is 6. The van der Waals surface area contributed by atoms with E-state index in [1.807, 2.05) is 43.4 Å². The zero-order chi connectivity index (χ0) is 18.4. The van der Waals surface area contributed by atoms with Gasteiger partial charge in [-0.3, -0.25) is 9.69 Å². The van der Waals surface area contributed by atoms with Crippen LogP contribution in [0.5, 0.6) is 0 Å². The Bertz CT molecular complexity index is 694. The van der Waals surface area contributed by atoms with Crippen LogP contribution in [0.25, 0.3) is 0 Å². The molecule has 138 valence electrons. The zero-order valence-electron chi connectivity index (χ0n) is 15.5. The van der Waals surface area contributed by atoms with E-state index < -0.39 is 0 Å². The van der Waals surface area contributed by atoms with Crippen LogP contribution in [0.1, 0.15) is 31.4 Å². The molecule has 1 aromatic heterocycles. The van der Waals surface area contributed by atoms with Crippen molar-refractivity contribution >= 4 is 11.9 Å². The quantitative estimate of drug-likeness (QED) is 0.863. The molecule has 1 N–H and O–H groups in total. The SMILES string of the molecule is CCN(C)C(C(=O)NC1CCCN(c2ncccn2)C1)c1ccccc1. The van der Waals surface area contributed by atoms with E-state index in [2.05, 4.69) is 32.0 Å². The van der Waals surface area contributed by atoms with Crippen molar-refractivity contribution in [1.29, 1.82) is 0 Å². The average molecular weight is 353 g/mol. The summed E-state index contributed by atoms with van der Waals surface area (Å²) in [5.74, 6) is 0.790. The molecule has 0 aliphatic carbocycles. The first-order chi connectivity index (χ1) is 12.7. The maximum absolute atomic E-state index is 13.1. The monoisotopic (exact) mass is 353 g/mol. The van der Waals surface area contributed by atoms with Gasteiger partial charge < -0.3 is 10.2 Å². The highest BCUT2D eigenvalue weighted by Crippen LogP contribution is 2.21. The van der Waals surface area contributed by atoms with Gasteiger partial charge >= 0.3 is 0 Å². The summed E-state index contributed by atoms with van der Waals surface area (Å²) < 4.78 is 0. The van der Waals surface area contributed by atoms with E-state index in [4.69, 9.17) is 0 Å². The van der Waals surface area contributed by atoms with Crippen molar-refractivity contribution in [3.8, 4) is 0 Å². The van der Waals surface area contributed by atoms with Gasteiger partial charge in [-0.15, -0.1) is 0 Å². The normalized spacial score (nSPS) is 18.6. The molecule has 3 rings (SSSR count). The molecule has 0 saturated carbocycles. The van der Waals surface area contributed by atoms with Gasteiger partial charge in [0.25, 0.3) is 0 Å². The number of aromatic nitrogens is 2. The number of likely N-dealkylation sites (N-methyl/N-ethyl adjacent to an activating group) is 1. The lowest BCUT2D eigenvalue weighted by atomic mass is 10.0. The van der Waals surface area contributed by atoms with Crippen LogP contribution in [0.15, 0.2) is 48.8 Å². The van der Waals surface area contributed by atoms with Crippen LogP contribution in [-0.4, -0.2) is 53.5 Å². The highest BCUT2D eigenvalue weighted by atomic mass is 16.2. The lowest BCUT2D eigenvalue weighted by Crippen LogP contribution is -2.51. The highest BCUT2D eigenvalue weighted by molar-refractivity contribution is 5.83. The Labute approximate surface area is 155 Å². The van der Waals surface area contributed by atoms with Gasteiger partial charge in [-0.25, -0.2) is 9.97 Å². The first-order valence-electron chi connectivity index (χ1n) is 9.26. The molecule has 0 spiro atoms. The Kier molecular flexibility index (Phi) is 6.17. The minimum atomic E-state index is -0.274. The molecule has 1 aliphatic rings. The van der Waals surface area contributed by atoms with Gasteiger partial charge in [0.2, 0.25) is 11.9 Å². The Hall–Kier alpha value is -2.47.